The van der Waals surface area contributed by atoms with Gasteiger partial charge in [-0.2, -0.15) is 0 Å². The van der Waals surface area contributed by atoms with Crippen LogP contribution in [-0.4, -0.2) is 0 Å². The van der Waals surface area contributed by atoms with Gasteiger partial charge in [-0.15, -0.1) is 0 Å². The largest absolute Gasteiger partial charge is 0.455 e. The molecule has 0 radical (unpaired) electrons. The highest BCUT2D eigenvalue weighted by atomic mass is 16.3. The molecule has 0 unspecified atom stereocenters. The van der Waals surface area contributed by atoms with Gasteiger partial charge in [0.15, 0.2) is 0 Å². The number of fused-ring (bicyclic) bond motifs is 8. The van der Waals surface area contributed by atoms with Crippen LogP contribution in [0.15, 0.2) is 211 Å². The van der Waals surface area contributed by atoms with E-state index in [1.165, 1.54) is 16.3 Å². The lowest BCUT2D eigenvalue weighted by Gasteiger charge is -2.20. The zero-order valence-electron chi connectivity index (χ0n) is 37.5. The van der Waals surface area contributed by atoms with Crippen LogP contribution in [-0.2, 0) is 0 Å². The molecule has 0 saturated heterocycles. The Kier molecular flexibility index (Phi) is 5.62. The molecule has 0 aliphatic carbocycles. The molecule has 0 bridgehead atoms. The topological polar surface area (TPSA) is 13.1 Å². The van der Waals surface area contributed by atoms with E-state index in [4.69, 9.17) is 11.3 Å². The molecule has 1 heteroatoms. The maximum Gasteiger partial charge on any atom is 0.143 e. The summed E-state index contributed by atoms with van der Waals surface area (Å²) in [6.45, 7) is 0. The van der Waals surface area contributed by atoms with Crippen molar-refractivity contribution >= 4 is 75.8 Å². The number of para-hydroxylation sites is 1. The van der Waals surface area contributed by atoms with E-state index in [0.29, 0.717) is 5.56 Å². The third-order valence-electron chi connectivity index (χ3n) is 11.5. The van der Waals surface area contributed by atoms with Gasteiger partial charge in [0.2, 0.25) is 0 Å². The minimum Gasteiger partial charge on any atom is -0.455 e. The van der Waals surface area contributed by atoms with Crippen LogP contribution >= 0.6 is 0 Å². The van der Waals surface area contributed by atoms with Crippen molar-refractivity contribution in [2.75, 3.05) is 0 Å². The van der Waals surface area contributed by atoms with Crippen molar-refractivity contribution in [1.82, 2.24) is 0 Å². The van der Waals surface area contributed by atoms with Gasteiger partial charge in [0.05, 0.1) is 9.60 Å². The zero-order valence-corrected chi connectivity index (χ0v) is 30.5. The molecule has 12 aromatic rings. The molecule has 12 rings (SSSR count). The van der Waals surface area contributed by atoms with Gasteiger partial charge < -0.3 is 4.42 Å². The molecule has 1 heterocycles. The van der Waals surface area contributed by atoms with Gasteiger partial charge in [0.1, 0.15) is 11.2 Å². The molecule has 0 fully saturated rings. The molecule has 0 atom stereocenters. The van der Waals surface area contributed by atoms with Gasteiger partial charge >= 0.3 is 0 Å². The Morgan fingerprint density at radius 3 is 1.70 bits per heavy atom. The van der Waals surface area contributed by atoms with E-state index < -0.39 is 24.2 Å². The molecule has 0 aliphatic heterocycles. The number of hydrogen-bond donors (Lipinski definition) is 0. The number of furan rings is 1. The number of hydrogen-bond acceptors (Lipinski definition) is 1. The molecule has 264 valence electrons. The van der Waals surface area contributed by atoms with Crippen LogP contribution in [0.4, 0.5) is 0 Å². The van der Waals surface area contributed by atoms with Crippen molar-refractivity contribution in [2.24, 2.45) is 0 Å². The second-order valence-electron chi connectivity index (χ2n) is 14.6. The second-order valence-corrected chi connectivity index (χ2v) is 14.6. The van der Waals surface area contributed by atoms with Gasteiger partial charge in [-0.05, 0) is 111 Å². The Hall–Kier alpha value is -7.48. The minimum atomic E-state index is -0.491. The van der Waals surface area contributed by atoms with E-state index >= 15 is 0 Å². The van der Waals surface area contributed by atoms with Crippen LogP contribution < -0.4 is 0 Å². The van der Waals surface area contributed by atoms with E-state index in [9.17, 15) is 2.74 Å². The Balaban J connectivity index is 1.12. The highest BCUT2D eigenvalue weighted by Gasteiger charge is 2.21. The number of rotatable bonds is 4. The summed E-state index contributed by atoms with van der Waals surface area (Å²) in [5.74, 6) is 0. The molecule has 1 aromatic heterocycles. The fraction of sp³-hybridized carbons (Fsp3) is 0. The van der Waals surface area contributed by atoms with Crippen molar-refractivity contribution in [1.29, 1.82) is 0 Å². The third-order valence-corrected chi connectivity index (χ3v) is 11.5. The minimum absolute atomic E-state index is 0.0671. The monoisotopic (exact) mass is 729 g/mol. The summed E-state index contributed by atoms with van der Waals surface area (Å²) < 4.78 is 69.0. The van der Waals surface area contributed by atoms with Crippen LogP contribution in [0, 0.1) is 0 Å². The van der Waals surface area contributed by atoms with Crippen LogP contribution in [0.25, 0.3) is 120 Å². The average molecular weight is 730 g/mol. The summed E-state index contributed by atoms with van der Waals surface area (Å²) >= 11 is 0. The lowest BCUT2D eigenvalue weighted by molar-refractivity contribution is 0.670. The first-order valence-corrected chi connectivity index (χ1v) is 19.1. The van der Waals surface area contributed by atoms with Crippen molar-refractivity contribution in [2.45, 2.75) is 0 Å². The fourth-order valence-electron chi connectivity index (χ4n) is 9.02. The molecular formula is C56H34O. The van der Waals surface area contributed by atoms with E-state index in [-0.39, 0.29) is 34.5 Å². The standard InChI is InChI=1S/C56H34O/c1-2-15-38-33-40(30-29-35(38)13-1)54-43-20-5-7-22-45(43)55(46-23-8-6-21-44(46)54)50-28-11-18-37-17-10-25-47(53(37)50)48-26-12-27-49-51-34-39(31-32-52(51)57-56(48)49)42-24-9-16-36-14-3-4-19-41(36)42/h1-34H/i1D,2D,13D,15D,29D,30D,33D. The third kappa shape index (κ3) is 4.89. The van der Waals surface area contributed by atoms with Crippen molar-refractivity contribution in [3.8, 4) is 44.5 Å². The quantitative estimate of drug-likeness (QED) is 0.164. The highest BCUT2D eigenvalue weighted by Crippen LogP contribution is 2.48. The first kappa shape index (κ1) is 25.6. The SMILES string of the molecule is [2H]c1c([2H])c([2H])c2c([2H])c(-c3c4ccccc4c(-c4cccc5cccc(-c6cccc7c6oc6ccc(-c8cccc9ccccc89)cc67)c45)c4ccccc34)c([2H])c([2H])c2c1[2H]. The maximum atomic E-state index is 9.55. The summed E-state index contributed by atoms with van der Waals surface area (Å²) in [7, 11) is 0. The highest BCUT2D eigenvalue weighted by molar-refractivity contribution is 6.25. The van der Waals surface area contributed by atoms with Crippen molar-refractivity contribution in [3.05, 3.63) is 206 Å². The summed E-state index contributed by atoms with van der Waals surface area (Å²) in [5, 5.41) is 9.62. The Bertz CT molecular complexity index is 3930. The van der Waals surface area contributed by atoms with Crippen molar-refractivity contribution in [3.63, 3.8) is 0 Å². The second kappa shape index (κ2) is 12.5. The molecule has 57 heavy (non-hydrogen) atoms. The zero-order chi connectivity index (χ0) is 43.5. The van der Waals surface area contributed by atoms with E-state index in [1.54, 1.807) is 0 Å². The molecule has 1 nitrogen and oxygen atoms in total. The molecule has 0 saturated carbocycles. The predicted octanol–water partition coefficient (Wildman–Crippen LogP) is 16.0. The lowest BCUT2D eigenvalue weighted by Crippen LogP contribution is -1.93. The van der Waals surface area contributed by atoms with Gasteiger partial charge in [-0.25, -0.2) is 0 Å². The maximum absolute atomic E-state index is 9.55. The Morgan fingerprint density at radius 1 is 0.351 bits per heavy atom. The van der Waals surface area contributed by atoms with Crippen LogP contribution in [0.5, 0.6) is 0 Å². The molecule has 11 aromatic carbocycles. The molecule has 0 aliphatic rings. The first-order chi connectivity index (χ1) is 31.2. The Labute approximate surface area is 339 Å². The lowest BCUT2D eigenvalue weighted by atomic mass is 9.83. The van der Waals surface area contributed by atoms with Gasteiger partial charge in [0.25, 0.3) is 0 Å². The molecule has 0 amide bonds. The van der Waals surface area contributed by atoms with E-state index in [2.05, 4.69) is 127 Å². The molecule has 0 N–H and O–H groups in total. The smallest absolute Gasteiger partial charge is 0.143 e. The molecular weight excluding hydrogens is 689 g/mol. The van der Waals surface area contributed by atoms with Gasteiger partial charge in [0, 0.05) is 16.3 Å². The Morgan fingerprint density at radius 2 is 0.930 bits per heavy atom. The summed E-state index contributed by atoms with van der Waals surface area (Å²) in [4.78, 5) is 0. The number of benzene rings is 11. The van der Waals surface area contributed by atoms with E-state index in [0.717, 1.165) is 82.1 Å². The van der Waals surface area contributed by atoms with Crippen LogP contribution in [0.2, 0.25) is 0 Å². The van der Waals surface area contributed by atoms with E-state index in [1.807, 2.05) is 36.4 Å². The summed E-state index contributed by atoms with van der Waals surface area (Å²) in [6.07, 6.45) is 0. The predicted molar refractivity (Wildman–Crippen MR) is 243 cm³/mol. The van der Waals surface area contributed by atoms with Crippen LogP contribution in [0.1, 0.15) is 9.60 Å². The normalized spacial score (nSPS) is 13.6. The first-order valence-electron chi connectivity index (χ1n) is 22.6. The van der Waals surface area contributed by atoms with Gasteiger partial charge in [-0.3, -0.25) is 0 Å². The van der Waals surface area contributed by atoms with Gasteiger partial charge in [-0.1, -0.05) is 188 Å². The summed E-state index contributed by atoms with van der Waals surface area (Å²) in [6, 6.07) is 53.6. The molecule has 0 spiro atoms. The average Bonchev–Trinajstić information content (AvgIpc) is 3.71. The fourth-order valence-corrected chi connectivity index (χ4v) is 9.02. The van der Waals surface area contributed by atoms with Crippen LogP contribution in [0.3, 0.4) is 0 Å². The van der Waals surface area contributed by atoms with Crippen molar-refractivity contribution < 1.29 is 14.0 Å². The summed E-state index contributed by atoms with van der Waals surface area (Å²) in [5.41, 5.74) is 8.55.